The Morgan fingerprint density at radius 2 is 1.87 bits per heavy atom. The number of rotatable bonds is 9. The highest BCUT2D eigenvalue weighted by molar-refractivity contribution is 9.10. The molecule has 2 N–H and O–H groups in total. The van der Waals surface area contributed by atoms with Crippen LogP contribution in [-0.4, -0.2) is 49.0 Å². The molecule has 3 rings (SSSR count). The van der Waals surface area contributed by atoms with Gasteiger partial charge < -0.3 is 18.9 Å². The minimum Gasteiger partial charge on any atom is -0.497 e. The van der Waals surface area contributed by atoms with Gasteiger partial charge in [0.2, 0.25) is 5.95 Å². The van der Waals surface area contributed by atoms with E-state index < -0.39 is 5.91 Å². The third-order valence-corrected chi connectivity index (χ3v) is 4.91. The third kappa shape index (κ3) is 5.08. The molecule has 2 aromatic carbocycles. The number of hydrogen-bond donors (Lipinski definition) is 2. The molecule has 0 atom stereocenters. The van der Waals surface area contributed by atoms with Crippen LogP contribution in [0.15, 0.2) is 34.8 Å². The monoisotopic (exact) mass is 490 g/mol. The number of carbonyl (C=O) groups is 1. The highest BCUT2D eigenvalue weighted by Crippen LogP contribution is 2.37. The van der Waals surface area contributed by atoms with Crippen LogP contribution in [0, 0.1) is 0 Å². The number of aromatic nitrogens is 3. The Morgan fingerprint density at radius 3 is 2.55 bits per heavy atom. The van der Waals surface area contributed by atoms with Gasteiger partial charge in [-0.1, -0.05) is 6.92 Å². The van der Waals surface area contributed by atoms with Gasteiger partial charge in [0.05, 0.1) is 38.0 Å². The van der Waals surface area contributed by atoms with Crippen LogP contribution in [0.25, 0.3) is 11.4 Å². The summed E-state index contributed by atoms with van der Waals surface area (Å²) in [4.78, 5) is 17.1. The molecule has 0 fully saturated rings. The van der Waals surface area contributed by atoms with Crippen LogP contribution < -0.4 is 24.3 Å². The van der Waals surface area contributed by atoms with Gasteiger partial charge in [-0.25, -0.2) is 0 Å². The maximum atomic E-state index is 12.7. The van der Waals surface area contributed by atoms with Gasteiger partial charge in [-0.15, -0.1) is 5.10 Å². The Balaban J connectivity index is 1.81. The number of amides is 1. The smallest absolute Gasteiger partial charge is 0.258 e. The first-order valence-electron chi connectivity index (χ1n) is 9.47. The molecule has 9 nitrogen and oxygen atoms in total. The quantitative estimate of drug-likeness (QED) is 0.460. The Hall–Kier alpha value is -3.27. The van der Waals surface area contributed by atoms with Gasteiger partial charge in [-0.3, -0.25) is 15.2 Å². The van der Waals surface area contributed by atoms with Gasteiger partial charge in [0.1, 0.15) is 11.5 Å². The van der Waals surface area contributed by atoms with Crippen molar-refractivity contribution in [2.24, 2.45) is 0 Å². The molecule has 31 heavy (non-hydrogen) atoms. The summed E-state index contributed by atoms with van der Waals surface area (Å²) in [7, 11) is 4.65. The molecule has 164 valence electrons. The maximum absolute atomic E-state index is 12.7. The normalized spacial score (nSPS) is 10.5. The number of ether oxygens (including phenoxy) is 4. The summed E-state index contributed by atoms with van der Waals surface area (Å²) >= 11 is 3.44. The maximum Gasteiger partial charge on any atom is 0.258 e. The standard InChI is InChI=1S/C21H23BrN4O5/c1-5-8-31-18-15(22)9-12(10-17(18)30-4)20(27)24-21-23-19(25-26-21)14-7-6-13(28-2)11-16(14)29-3/h6-7,9-11H,5,8H2,1-4H3,(H2,23,24,25,26,27). The minimum atomic E-state index is -0.395. The van der Waals surface area contributed by atoms with Crippen LogP contribution in [0.2, 0.25) is 0 Å². The van der Waals surface area contributed by atoms with E-state index in [1.807, 2.05) is 6.92 Å². The fraction of sp³-hybridized carbons (Fsp3) is 0.286. The fourth-order valence-electron chi connectivity index (χ4n) is 2.80. The lowest BCUT2D eigenvalue weighted by molar-refractivity contribution is 0.102. The Morgan fingerprint density at radius 1 is 1.10 bits per heavy atom. The molecule has 0 saturated heterocycles. The first kappa shape index (κ1) is 22.4. The zero-order chi connectivity index (χ0) is 22.4. The highest BCUT2D eigenvalue weighted by Gasteiger charge is 2.18. The van der Waals surface area contributed by atoms with Gasteiger partial charge in [-0.05, 0) is 46.6 Å². The fourth-order valence-corrected chi connectivity index (χ4v) is 3.36. The van der Waals surface area contributed by atoms with Crippen LogP contribution in [-0.2, 0) is 0 Å². The van der Waals surface area contributed by atoms with Gasteiger partial charge in [0.15, 0.2) is 17.3 Å². The largest absolute Gasteiger partial charge is 0.497 e. The minimum absolute atomic E-state index is 0.124. The summed E-state index contributed by atoms with van der Waals surface area (Å²) in [5.74, 6) is 2.38. The third-order valence-electron chi connectivity index (χ3n) is 4.32. The number of nitrogens with zero attached hydrogens (tertiary/aromatic N) is 2. The summed E-state index contributed by atoms with van der Waals surface area (Å²) in [6, 6.07) is 8.57. The van der Waals surface area contributed by atoms with Crippen LogP contribution in [0.3, 0.4) is 0 Å². The number of benzene rings is 2. The second kappa shape index (κ2) is 10.2. The molecular formula is C21H23BrN4O5. The van der Waals surface area contributed by atoms with Gasteiger partial charge in [0.25, 0.3) is 5.91 Å². The molecule has 0 saturated carbocycles. The predicted molar refractivity (Wildman–Crippen MR) is 119 cm³/mol. The number of halogens is 1. The summed E-state index contributed by atoms with van der Waals surface area (Å²) in [5.41, 5.74) is 1.04. The second-order valence-electron chi connectivity index (χ2n) is 6.37. The van der Waals surface area contributed by atoms with Crippen molar-refractivity contribution in [1.29, 1.82) is 0 Å². The number of aromatic amines is 1. The topological polar surface area (TPSA) is 108 Å². The van der Waals surface area contributed by atoms with E-state index in [0.717, 1.165) is 6.42 Å². The number of hydrogen-bond acceptors (Lipinski definition) is 7. The van der Waals surface area contributed by atoms with Crippen LogP contribution >= 0.6 is 15.9 Å². The van der Waals surface area contributed by atoms with Gasteiger partial charge in [0, 0.05) is 11.6 Å². The Labute approximate surface area is 188 Å². The number of anilines is 1. The van der Waals surface area contributed by atoms with E-state index in [1.165, 1.54) is 7.11 Å². The number of H-pyrrole nitrogens is 1. The molecule has 0 aliphatic heterocycles. The second-order valence-corrected chi connectivity index (χ2v) is 7.22. The summed E-state index contributed by atoms with van der Waals surface area (Å²) in [5, 5.41) is 9.56. The van der Waals surface area contributed by atoms with Crippen molar-refractivity contribution in [3.8, 4) is 34.4 Å². The number of carbonyl (C=O) groups excluding carboxylic acids is 1. The zero-order valence-corrected chi connectivity index (χ0v) is 19.2. The van der Waals surface area contributed by atoms with Gasteiger partial charge in [-0.2, -0.15) is 4.98 Å². The molecule has 1 aromatic heterocycles. The average Bonchev–Trinajstić information content (AvgIpc) is 3.25. The van der Waals surface area contributed by atoms with Crippen molar-refractivity contribution in [2.45, 2.75) is 13.3 Å². The van der Waals surface area contributed by atoms with Crippen molar-refractivity contribution in [3.63, 3.8) is 0 Å². The van der Waals surface area contributed by atoms with Crippen molar-refractivity contribution in [3.05, 3.63) is 40.4 Å². The van der Waals surface area contributed by atoms with Crippen LogP contribution in [0.5, 0.6) is 23.0 Å². The van der Waals surface area contributed by atoms with E-state index in [4.69, 9.17) is 18.9 Å². The molecule has 0 radical (unpaired) electrons. The number of methoxy groups -OCH3 is 3. The van der Waals surface area contributed by atoms with E-state index in [9.17, 15) is 4.79 Å². The van der Waals surface area contributed by atoms with Crippen molar-refractivity contribution >= 4 is 27.8 Å². The molecule has 10 heteroatoms. The first-order valence-corrected chi connectivity index (χ1v) is 10.3. The lowest BCUT2D eigenvalue weighted by Gasteiger charge is -2.13. The van der Waals surface area contributed by atoms with E-state index in [-0.39, 0.29) is 5.95 Å². The lowest BCUT2D eigenvalue weighted by Crippen LogP contribution is -2.13. The van der Waals surface area contributed by atoms with E-state index in [1.54, 1.807) is 44.6 Å². The molecule has 1 heterocycles. The van der Waals surface area contributed by atoms with Crippen molar-refractivity contribution in [2.75, 3.05) is 33.3 Å². The molecule has 0 aliphatic carbocycles. The van der Waals surface area contributed by atoms with Gasteiger partial charge >= 0.3 is 0 Å². The summed E-state index contributed by atoms with van der Waals surface area (Å²) in [6.45, 7) is 2.55. The molecule has 3 aromatic rings. The molecule has 0 aliphatic rings. The SMILES string of the molecule is CCCOc1c(Br)cc(C(=O)Nc2n[nH]c(-c3ccc(OC)cc3OC)n2)cc1OC. The molecule has 0 spiro atoms. The summed E-state index contributed by atoms with van der Waals surface area (Å²) in [6.07, 6.45) is 0.851. The molecule has 0 unspecified atom stereocenters. The lowest BCUT2D eigenvalue weighted by atomic mass is 10.2. The van der Waals surface area contributed by atoms with Crippen LogP contribution in [0.4, 0.5) is 5.95 Å². The van der Waals surface area contributed by atoms with E-state index in [0.29, 0.717) is 51.0 Å². The summed E-state index contributed by atoms with van der Waals surface area (Å²) < 4.78 is 22.3. The van der Waals surface area contributed by atoms with Crippen molar-refractivity contribution in [1.82, 2.24) is 15.2 Å². The van der Waals surface area contributed by atoms with E-state index in [2.05, 4.69) is 36.4 Å². The van der Waals surface area contributed by atoms with Crippen molar-refractivity contribution < 1.29 is 23.7 Å². The Bertz CT molecular complexity index is 1070. The average molecular weight is 491 g/mol. The predicted octanol–water partition coefficient (Wildman–Crippen LogP) is 4.30. The molecule has 1 amide bonds. The Kier molecular flexibility index (Phi) is 7.35. The van der Waals surface area contributed by atoms with Crippen LogP contribution in [0.1, 0.15) is 23.7 Å². The number of nitrogens with one attached hydrogen (secondary N) is 2. The highest BCUT2D eigenvalue weighted by atomic mass is 79.9. The molecular weight excluding hydrogens is 468 g/mol. The first-order chi connectivity index (χ1) is 15.0. The zero-order valence-electron chi connectivity index (χ0n) is 17.6. The molecule has 0 bridgehead atoms. The van der Waals surface area contributed by atoms with E-state index >= 15 is 0 Å².